The Hall–Kier alpha value is -3.92. The van der Waals surface area contributed by atoms with Gasteiger partial charge >= 0.3 is 0 Å². The third-order valence-corrected chi connectivity index (χ3v) is 12.4. The van der Waals surface area contributed by atoms with Gasteiger partial charge in [0, 0.05) is 41.6 Å². The maximum absolute atomic E-state index is 14.5. The maximum atomic E-state index is 14.5. The molecule has 0 N–H and O–H groups in total. The lowest BCUT2D eigenvalue weighted by molar-refractivity contribution is 0.0753. The highest BCUT2D eigenvalue weighted by Gasteiger charge is 2.34. The number of nitrogens with zero attached hydrogens (tertiary/aromatic N) is 5. The SMILES string of the molecule is COCCOCN(c1noc(C)c1C)S(=O)(=O)c1sc(C)cc1-c1ccc(Cn2nc(-c3cccs3)c3c(C)nc(C)cc32)cc1COC. The Morgan fingerprint density at radius 1 is 0.980 bits per heavy atom. The Kier molecular flexibility index (Phi) is 10.3. The normalized spacial score (nSPS) is 12.0. The molecule has 0 aliphatic heterocycles. The highest BCUT2D eigenvalue weighted by Crippen LogP contribution is 2.41. The van der Waals surface area contributed by atoms with Crippen molar-refractivity contribution in [3.8, 4) is 21.7 Å². The fourth-order valence-corrected chi connectivity index (χ4v) is 9.64. The van der Waals surface area contributed by atoms with Crippen molar-refractivity contribution in [1.82, 2.24) is 19.9 Å². The van der Waals surface area contributed by atoms with Crippen LogP contribution in [0.1, 0.15) is 38.7 Å². The van der Waals surface area contributed by atoms with Crippen LogP contribution >= 0.6 is 22.7 Å². The van der Waals surface area contributed by atoms with Crippen LogP contribution in [0.25, 0.3) is 32.6 Å². The van der Waals surface area contributed by atoms with E-state index in [1.165, 1.54) is 15.6 Å². The molecule has 258 valence electrons. The van der Waals surface area contributed by atoms with Crippen LogP contribution in [0.4, 0.5) is 5.82 Å². The molecule has 49 heavy (non-hydrogen) atoms. The van der Waals surface area contributed by atoms with Gasteiger partial charge < -0.3 is 18.7 Å². The Morgan fingerprint density at radius 2 is 1.80 bits per heavy atom. The van der Waals surface area contributed by atoms with E-state index in [4.69, 9.17) is 28.8 Å². The standard InChI is InChI=1S/C35H39N5O6S3/c1-21-15-30-32(24(4)36-21)33(31-9-8-14-47-31)37-39(30)18-26-10-11-28(27(17-26)19-44-7)29-16-22(2)48-35(29)49(41,42)40(20-45-13-12-43-6)34-23(3)25(5)46-38-34/h8-11,14-17H,12-13,18-20H2,1-7H3. The first-order chi connectivity index (χ1) is 23.5. The molecule has 0 spiro atoms. The number of hydrogen-bond donors (Lipinski definition) is 0. The topological polar surface area (TPSA) is 122 Å². The average molecular weight is 722 g/mol. The molecule has 6 aromatic rings. The lowest BCUT2D eigenvalue weighted by Gasteiger charge is -2.22. The van der Waals surface area contributed by atoms with E-state index in [-0.39, 0.29) is 30.0 Å². The zero-order valence-corrected chi connectivity index (χ0v) is 31.0. The zero-order chi connectivity index (χ0) is 34.9. The number of methoxy groups -OCH3 is 2. The van der Waals surface area contributed by atoms with Gasteiger partial charge in [-0.15, -0.1) is 22.7 Å². The van der Waals surface area contributed by atoms with E-state index < -0.39 is 10.0 Å². The second kappa shape index (κ2) is 14.5. The molecular weight excluding hydrogens is 683 g/mol. The van der Waals surface area contributed by atoms with E-state index in [1.54, 1.807) is 39.4 Å². The summed E-state index contributed by atoms with van der Waals surface area (Å²) < 4.78 is 54.3. The molecule has 0 unspecified atom stereocenters. The first-order valence-corrected chi connectivity index (χ1v) is 18.8. The van der Waals surface area contributed by atoms with Crippen molar-refractivity contribution < 1.29 is 27.2 Å². The molecule has 6 rings (SSSR count). The number of rotatable bonds is 14. The first kappa shape index (κ1) is 34.9. The van der Waals surface area contributed by atoms with Gasteiger partial charge in [0.15, 0.2) is 5.82 Å². The van der Waals surface area contributed by atoms with Gasteiger partial charge in [0.05, 0.1) is 42.1 Å². The number of pyridine rings is 1. The molecule has 0 aliphatic carbocycles. The molecule has 0 bridgehead atoms. The molecule has 5 aromatic heterocycles. The molecule has 0 aliphatic rings. The molecule has 0 radical (unpaired) electrons. The number of hydrogen-bond acceptors (Lipinski definition) is 11. The smallest absolute Gasteiger partial charge is 0.277 e. The summed E-state index contributed by atoms with van der Waals surface area (Å²) in [6.07, 6.45) is 0. The number of anilines is 1. The number of aryl methyl sites for hydroxylation is 4. The minimum atomic E-state index is -4.15. The van der Waals surface area contributed by atoms with E-state index in [1.807, 2.05) is 49.7 Å². The van der Waals surface area contributed by atoms with Crippen molar-refractivity contribution in [2.75, 3.05) is 38.5 Å². The van der Waals surface area contributed by atoms with Crippen LogP contribution < -0.4 is 4.31 Å². The lowest BCUT2D eigenvalue weighted by atomic mass is 9.99. The van der Waals surface area contributed by atoms with Crippen molar-refractivity contribution in [2.24, 2.45) is 0 Å². The van der Waals surface area contributed by atoms with Gasteiger partial charge in [-0.25, -0.2) is 12.7 Å². The van der Waals surface area contributed by atoms with E-state index >= 15 is 0 Å². The van der Waals surface area contributed by atoms with Crippen LogP contribution in [0.5, 0.6) is 0 Å². The van der Waals surface area contributed by atoms with Crippen LogP contribution in [-0.4, -0.2) is 62.5 Å². The largest absolute Gasteiger partial charge is 0.382 e. The number of sulfonamides is 1. The van der Waals surface area contributed by atoms with E-state index in [0.717, 1.165) is 54.4 Å². The number of fused-ring (bicyclic) bond motifs is 1. The van der Waals surface area contributed by atoms with Crippen LogP contribution in [0.15, 0.2) is 56.6 Å². The Balaban J connectivity index is 1.41. The average Bonchev–Trinajstić information content (AvgIpc) is 3.86. The van der Waals surface area contributed by atoms with Crippen molar-refractivity contribution in [1.29, 1.82) is 0 Å². The highest BCUT2D eigenvalue weighted by atomic mass is 32.2. The van der Waals surface area contributed by atoms with Crippen LogP contribution in [-0.2, 0) is 37.4 Å². The monoisotopic (exact) mass is 721 g/mol. The molecule has 11 nitrogen and oxygen atoms in total. The van der Waals surface area contributed by atoms with Gasteiger partial charge in [0.25, 0.3) is 10.0 Å². The van der Waals surface area contributed by atoms with E-state index in [9.17, 15) is 8.42 Å². The third kappa shape index (κ3) is 6.94. The second-order valence-electron chi connectivity index (χ2n) is 11.8. The van der Waals surface area contributed by atoms with E-state index in [2.05, 4.69) is 28.7 Å². The molecule has 0 fully saturated rings. The number of aromatic nitrogens is 4. The van der Waals surface area contributed by atoms with Gasteiger partial charge in [-0.1, -0.05) is 29.4 Å². The van der Waals surface area contributed by atoms with Gasteiger partial charge in [-0.2, -0.15) is 5.10 Å². The van der Waals surface area contributed by atoms with Gasteiger partial charge in [-0.05, 0) is 74.9 Å². The quantitative estimate of drug-likeness (QED) is 0.0835. The Bertz CT molecular complexity index is 2200. The maximum Gasteiger partial charge on any atom is 0.277 e. The molecule has 0 atom stereocenters. The predicted octanol–water partition coefficient (Wildman–Crippen LogP) is 7.43. The Morgan fingerprint density at radius 3 is 2.49 bits per heavy atom. The molecule has 0 amide bonds. The summed E-state index contributed by atoms with van der Waals surface area (Å²) in [5.74, 6) is 0.718. The summed E-state index contributed by atoms with van der Waals surface area (Å²) in [6.45, 7) is 10.5. The lowest BCUT2D eigenvalue weighted by Crippen LogP contribution is -2.34. The molecule has 14 heteroatoms. The van der Waals surface area contributed by atoms with Crippen molar-refractivity contribution >= 4 is 49.4 Å². The minimum Gasteiger partial charge on any atom is -0.382 e. The first-order valence-electron chi connectivity index (χ1n) is 15.7. The van der Waals surface area contributed by atoms with E-state index in [0.29, 0.717) is 30.0 Å². The van der Waals surface area contributed by atoms with Crippen molar-refractivity contribution in [2.45, 2.75) is 52.0 Å². The predicted molar refractivity (Wildman–Crippen MR) is 193 cm³/mol. The highest BCUT2D eigenvalue weighted by molar-refractivity contribution is 7.95. The van der Waals surface area contributed by atoms with Crippen molar-refractivity contribution in [3.05, 3.63) is 86.6 Å². The summed E-state index contributed by atoms with van der Waals surface area (Å²) in [5.41, 5.74) is 7.63. The fraction of sp³-hybridized carbons (Fsp3) is 0.343. The third-order valence-electron chi connectivity index (χ3n) is 8.24. The van der Waals surface area contributed by atoms with Crippen molar-refractivity contribution in [3.63, 3.8) is 0 Å². The molecule has 1 aromatic carbocycles. The van der Waals surface area contributed by atoms with Gasteiger partial charge in [0.2, 0.25) is 0 Å². The summed E-state index contributed by atoms with van der Waals surface area (Å²) >= 11 is 2.86. The minimum absolute atomic E-state index is 0.183. The molecule has 0 saturated carbocycles. The number of ether oxygens (including phenoxy) is 3. The second-order valence-corrected chi connectivity index (χ2v) is 16.0. The van der Waals surface area contributed by atoms with Crippen LogP contribution in [0.3, 0.4) is 0 Å². The molecule has 5 heterocycles. The fourth-order valence-electron chi connectivity index (χ4n) is 5.84. The van der Waals surface area contributed by atoms with Gasteiger partial charge in [0.1, 0.15) is 22.4 Å². The zero-order valence-electron chi connectivity index (χ0n) is 28.6. The summed E-state index contributed by atoms with van der Waals surface area (Å²) in [5, 5.41) is 12.3. The van der Waals surface area contributed by atoms with Gasteiger partial charge in [-0.3, -0.25) is 9.67 Å². The number of thiophene rings is 2. The van der Waals surface area contributed by atoms with Crippen LogP contribution in [0.2, 0.25) is 0 Å². The van der Waals surface area contributed by atoms with Crippen LogP contribution in [0, 0.1) is 34.6 Å². The molecular formula is C35H39N5O6S3. The summed E-state index contributed by atoms with van der Waals surface area (Å²) in [6, 6.07) is 14.1. The summed E-state index contributed by atoms with van der Waals surface area (Å²) in [7, 11) is -0.952. The number of benzene rings is 1. The molecule has 0 saturated heterocycles. The summed E-state index contributed by atoms with van der Waals surface area (Å²) in [4.78, 5) is 6.66. The Labute approximate surface area is 294 Å².